The van der Waals surface area contributed by atoms with E-state index in [1.165, 1.54) is 22.9 Å². The van der Waals surface area contributed by atoms with Gasteiger partial charge in [0.1, 0.15) is 5.69 Å². The van der Waals surface area contributed by atoms with E-state index in [-0.39, 0.29) is 0 Å². The highest BCUT2D eigenvalue weighted by Crippen LogP contribution is 2.48. The van der Waals surface area contributed by atoms with Crippen molar-refractivity contribution in [3.63, 3.8) is 0 Å². The highest BCUT2D eigenvalue weighted by Gasteiger charge is 2.44. The highest BCUT2D eigenvalue weighted by atomic mass is 15.4. The Balaban J connectivity index is 2.37. The largest absolute Gasteiger partial charge is 0.293 e. The molecule has 0 fully saturated rings. The van der Waals surface area contributed by atoms with E-state index in [0.29, 0.717) is 12.0 Å². The molecule has 0 bridgehead atoms. The van der Waals surface area contributed by atoms with Crippen LogP contribution in [-0.4, -0.2) is 20.1 Å². The van der Waals surface area contributed by atoms with E-state index >= 15 is 0 Å². The molecule has 2 aromatic rings. The predicted octanol–water partition coefficient (Wildman–Crippen LogP) is 4.30. The second-order valence-electron chi connectivity index (χ2n) is 6.01. The molecule has 1 aliphatic rings. The van der Waals surface area contributed by atoms with Crippen molar-refractivity contribution >= 4 is 16.5 Å². The SMILES string of the molecule is CCC1c2c(ccc3ccccc23)[N+](C)(C)C1C. The van der Waals surface area contributed by atoms with Crippen molar-refractivity contribution in [2.24, 2.45) is 0 Å². The first-order valence-electron chi connectivity index (χ1n) is 6.93. The minimum absolute atomic E-state index is 0.663. The van der Waals surface area contributed by atoms with Gasteiger partial charge in [0, 0.05) is 17.5 Å². The van der Waals surface area contributed by atoms with Gasteiger partial charge in [0.05, 0.1) is 20.1 Å². The molecule has 94 valence electrons. The lowest BCUT2D eigenvalue weighted by molar-refractivity contribution is 0.301. The molecule has 1 heterocycles. The summed E-state index contributed by atoms with van der Waals surface area (Å²) >= 11 is 0. The van der Waals surface area contributed by atoms with Crippen LogP contribution < -0.4 is 4.48 Å². The van der Waals surface area contributed by atoms with Gasteiger partial charge in [0.2, 0.25) is 0 Å². The predicted molar refractivity (Wildman–Crippen MR) is 80.1 cm³/mol. The standard InChI is InChI=1S/C17H22N/c1-5-14-12(2)18(3,4)16-11-10-13-8-6-7-9-15(13)17(14)16/h6-12,14H,5H2,1-4H3/q+1. The molecular formula is C17H22N+. The van der Waals surface area contributed by atoms with Crippen LogP contribution in [0.5, 0.6) is 0 Å². The summed E-state index contributed by atoms with van der Waals surface area (Å²) in [7, 11) is 4.68. The molecule has 1 nitrogen and oxygen atoms in total. The molecular weight excluding hydrogens is 218 g/mol. The molecule has 3 rings (SSSR count). The summed E-state index contributed by atoms with van der Waals surface area (Å²) in [6.07, 6.45) is 1.23. The molecule has 0 amide bonds. The third kappa shape index (κ3) is 1.37. The van der Waals surface area contributed by atoms with Gasteiger partial charge in [0.25, 0.3) is 0 Å². The second-order valence-corrected chi connectivity index (χ2v) is 6.01. The number of nitrogens with zero attached hydrogens (tertiary/aromatic N) is 1. The van der Waals surface area contributed by atoms with E-state index < -0.39 is 0 Å². The number of rotatable bonds is 1. The lowest BCUT2D eigenvalue weighted by Crippen LogP contribution is -2.46. The smallest absolute Gasteiger partial charge is 0.137 e. The Morgan fingerprint density at radius 3 is 2.50 bits per heavy atom. The van der Waals surface area contributed by atoms with E-state index in [4.69, 9.17) is 0 Å². The summed E-state index contributed by atoms with van der Waals surface area (Å²) in [6, 6.07) is 14.1. The molecule has 0 aromatic heterocycles. The zero-order chi connectivity index (χ0) is 12.9. The Bertz CT molecular complexity index is 598. The lowest BCUT2D eigenvalue weighted by atomic mass is 9.89. The van der Waals surface area contributed by atoms with Crippen molar-refractivity contribution in [1.82, 2.24) is 4.48 Å². The van der Waals surface area contributed by atoms with Crippen molar-refractivity contribution in [3.8, 4) is 0 Å². The fraction of sp³-hybridized carbons (Fsp3) is 0.412. The number of hydrogen-bond acceptors (Lipinski definition) is 0. The maximum atomic E-state index is 2.39. The monoisotopic (exact) mass is 240 g/mol. The molecule has 2 atom stereocenters. The van der Waals surface area contributed by atoms with Gasteiger partial charge >= 0.3 is 0 Å². The van der Waals surface area contributed by atoms with Crippen LogP contribution in [0.3, 0.4) is 0 Å². The Morgan fingerprint density at radius 2 is 1.78 bits per heavy atom. The molecule has 0 saturated heterocycles. The van der Waals surface area contributed by atoms with Crippen LogP contribution in [0.25, 0.3) is 10.8 Å². The third-order valence-corrected chi connectivity index (χ3v) is 4.98. The van der Waals surface area contributed by atoms with Crippen LogP contribution in [-0.2, 0) is 0 Å². The summed E-state index contributed by atoms with van der Waals surface area (Å²) in [5.41, 5.74) is 3.10. The van der Waals surface area contributed by atoms with Crippen LogP contribution >= 0.6 is 0 Å². The summed E-state index contributed by atoms with van der Waals surface area (Å²) in [5, 5.41) is 2.83. The van der Waals surface area contributed by atoms with Gasteiger partial charge in [0.15, 0.2) is 0 Å². The first kappa shape index (κ1) is 11.7. The quantitative estimate of drug-likeness (QED) is 0.652. The first-order valence-corrected chi connectivity index (χ1v) is 6.93. The molecule has 0 N–H and O–H groups in total. The topological polar surface area (TPSA) is 0 Å². The average molecular weight is 240 g/mol. The van der Waals surface area contributed by atoms with Gasteiger partial charge in [-0.2, -0.15) is 0 Å². The van der Waals surface area contributed by atoms with Crippen molar-refractivity contribution in [2.75, 3.05) is 14.1 Å². The first-order chi connectivity index (χ1) is 8.57. The van der Waals surface area contributed by atoms with Gasteiger partial charge in [-0.1, -0.05) is 31.2 Å². The number of quaternary nitrogens is 1. The minimum atomic E-state index is 0.663. The fourth-order valence-corrected chi connectivity index (χ4v) is 3.63. The molecule has 1 heteroatoms. The van der Waals surface area contributed by atoms with E-state index in [1.54, 1.807) is 5.56 Å². The number of hydrogen-bond donors (Lipinski definition) is 0. The van der Waals surface area contributed by atoms with Gasteiger partial charge in [-0.25, -0.2) is 0 Å². The van der Waals surface area contributed by atoms with E-state index in [1.807, 2.05) is 0 Å². The van der Waals surface area contributed by atoms with Crippen molar-refractivity contribution in [1.29, 1.82) is 0 Å². The summed E-state index contributed by atoms with van der Waals surface area (Å²) in [4.78, 5) is 0. The molecule has 2 aromatic carbocycles. The Morgan fingerprint density at radius 1 is 1.06 bits per heavy atom. The van der Waals surface area contributed by atoms with Gasteiger partial charge in [-0.05, 0) is 30.2 Å². The highest BCUT2D eigenvalue weighted by molar-refractivity contribution is 5.91. The van der Waals surface area contributed by atoms with Crippen LogP contribution in [0.1, 0.15) is 31.7 Å². The number of fused-ring (bicyclic) bond motifs is 3. The van der Waals surface area contributed by atoms with E-state index in [2.05, 4.69) is 64.3 Å². The van der Waals surface area contributed by atoms with Gasteiger partial charge < -0.3 is 0 Å². The van der Waals surface area contributed by atoms with E-state index in [9.17, 15) is 0 Å². The summed E-state index contributed by atoms with van der Waals surface area (Å²) in [6.45, 7) is 4.71. The van der Waals surface area contributed by atoms with Crippen LogP contribution in [0.15, 0.2) is 36.4 Å². The zero-order valence-corrected chi connectivity index (χ0v) is 11.8. The molecule has 0 spiro atoms. The third-order valence-electron chi connectivity index (χ3n) is 4.98. The maximum Gasteiger partial charge on any atom is 0.137 e. The van der Waals surface area contributed by atoms with Crippen LogP contribution in [0.4, 0.5) is 5.69 Å². The Labute approximate surface area is 110 Å². The molecule has 0 radical (unpaired) electrons. The zero-order valence-electron chi connectivity index (χ0n) is 11.8. The second kappa shape index (κ2) is 3.83. The van der Waals surface area contributed by atoms with Crippen LogP contribution in [0, 0.1) is 0 Å². The van der Waals surface area contributed by atoms with Crippen molar-refractivity contribution in [2.45, 2.75) is 32.2 Å². The molecule has 0 aliphatic carbocycles. The molecule has 2 unspecified atom stereocenters. The van der Waals surface area contributed by atoms with Crippen LogP contribution in [0.2, 0.25) is 0 Å². The summed E-state index contributed by atoms with van der Waals surface area (Å²) in [5.74, 6) is 0.682. The minimum Gasteiger partial charge on any atom is -0.293 e. The summed E-state index contributed by atoms with van der Waals surface area (Å²) < 4.78 is 1.01. The van der Waals surface area contributed by atoms with Gasteiger partial charge in [-0.15, -0.1) is 0 Å². The fourth-order valence-electron chi connectivity index (χ4n) is 3.63. The molecule has 0 saturated carbocycles. The molecule has 1 aliphatic heterocycles. The normalized spacial score (nSPS) is 25.3. The number of benzene rings is 2. The van der Waals surface area contributed by atoms with E-state index in [0.717, 1.165) is 4.48 Å². The average Bonchev–Trinajstić information content (AvgIpc) is 2.58. The Hall–Kier alpha value is -1.34. The van der Waals surface area contributed by atoms with Crippen molar-refractivity contribution in [3.05, 3.63) is 42.0 Å². The Kier molecular flexibility index (Phi) is 2.49. The van der Waals surface area contributed by atoms with Crippen molar-refractivity contribution < 1.29 is 0 Å². The lowest BCUT2D eigenvalue weighted by Gasteiger charge is -2.31. The molecule has 18 heavy (non-hydrogen) atoms. The van der Waals surface area contributed by atoms with Gasteiger partial charge in [-0.3, -0.25) is 4.48 Å². The maximum absolute atomic E-state index is 2.39. The number of likely N-dealkylation sites (N-methyl/N-ethyl adjacent to an activating group) is 1.